The molecular weight excluding hydrogens is 278 g/mol. The van der Waals surface area contributed by atoms with Crippen molar-refractivity contribution < 1.29 is 15.3 Å². The van der Waals surface area contributed by atoms with E-state index in [0.717, 1.165) is 19.3 Å². The Kier molecular flexibility index (Phi) is 70.0. The van der Waals surface area contributed by atoms with Gasteiger partial charge in [-0.05, 0) is 19.3 Å². The Labute approximate surface area is 99.6 Å². The summed E-state index contributed by atoms with van der Waals surface area (Å²) < 4.78 is 0. The van der Waals surface area contributed by atoms with Crippen LogP contribution in [0.15, 0.2) is 0 Å². The molecule has 0 fully saturated rings. The van der Waals surface area contributed by atoms with Crippen molar-refractivity contribution in [3.05, 3.63) is 0 Å². The van der Waals surface area contributed by atoms with Crippen molar-refractivity contribution in [2.75, 3.05) is 19.8 Å². The van der Waals surface area contributed by atoms with Crippen molar-refractivity contribution in [1.82, 2.24) is 0 Å². The molecule has 0 atom stereocenters. The summed E-state index contributed by atoms with van der Waals surface area (Å²) in [6.07, 6.45) is 2.62. The van der Waals surface area contributed by atoms with E-state index < -0.39 is 0 Å². The van der Waals surface area contributed by atoms with E-state index in [4.69, 9.17) is 15.3 Å². The van der Waals surface area contributed by atoms with E-state index >= 15 is 0 Å². The molecular formula is C9H27O3Sb. The van der Waals surface area contributed by atoms with Crippen molar-refractivity contribution in [1.29, 1.82) is 0 Å². The van der Waals surface area contributed by atoms with Crippen LogP contribution in [0.3, 0.4) is 0 Å². The fraction of sp³-hybridized carbons (Fsp3) is 1.00. The number of hydrogen-bond donors (Lipinski definition) is 3. The van der Waals surface area contributed by atoms with Gasteiger partial charge in [0.2, 0.25) is 0 Å². The van der Waals surface area contributed by atoms with E-state index in [1.54, 1.807) is 0 Å². The molecule has 0 aliphatic heterocycles. The summed E-state index contributed by atoms with van der Waals surface area (Å²) in [4.78, 5) is 0. The third kappa shape index (κ3) is 106. The second-order valence-electron chi connectivity index (χ2n) is 2.17. The first-order valence-corrected chi connectivity index (χ1v) is 4.57. The van der Waals surface area contributed by atoms with Gasteiger partial charge >= 0.3 is 24.4 Å². The average molecular weight is 305 g/mol. The van der Waals surface area contributed by atoms with Gasteiger partial charge in [0, 0.05) is 19.8 Å². The van der Waals surface area contributed by atoms with E-state index in [0.29, 0.717) is 19.8 Å². The predicted octanol–water partition coefficient (Wildman–Crippen LogP) is -0.0178. The number of rotatable bonds is 3. The molecule has 0 bridgehead atoms. The van der Waals surface area contributed by atoms with Gasteiger partial charge in [-0.1, -0.05) is 20.8 Å². The van der Waals surface area contributed by atoms with Gasteiger partial charge in [-0.25, -0.2) is 0 Å². The molecule has 0 aromatic heterocycles. The molecule has 0 amide bonds. The van der Waals surface area contributed by atoms with E-state index in [1.807, 2.05) is 20.8 Å². The molecule has 3 nitrogen and oxygen atoms in total. The molecule has 0 aromatic carbocycles. The van der Waals surface area contributed by atoms with Crippen LogP contribution < -0.4 is 0 Å². The fourth-order valence-corrected chi connectivity index (χ4v) is 0. The maximum atomic E-state index is 7.88. The second-order valence-corrected chi connectivity index (χ2v) is 2.17. The van der Waals surface area contributed by atoms with Crippen LogP contribution in [0.25, 0.3) is 0 Å². The van der Waals surface area contributed by atoms with E-state index in [2.05, 4.69) is 0 Å². The third-order valence-electron chi connectivity index (χ3n) is 0.671. The number of aliphatic hydroxyl groups is 3. The molecule has 0 heterocycles. The van der Waals surface area contributed by atoms with Crippen molar-refractivity contribution in [2.24, 2.45) is 0 Å². The first kappa shape index (κ1) is 23.5. The minimum absolute atomic E-state index is 0. The second kappa shape index (κ2) is 38.7. The van der Waals surface area contributed by atoms with Crippen molar-refractivity contribution >= 4 is 24.4 Å². The Bertz CT molecular complexity index is 30.3. The molecule has 86 valence electrons. The van der Waals surface area contributed by atoms with Gasteiger partial charge < -0.3 is 15.3 Å². The summed E-state index contributed by atoms with van der Waals surface area (Å²) in [5, 5.41) is 23.6. The van der Waals surface area contributed by atoms with Crippen LogP contribution in [-0.2, 0) is 0 Å². The summed E-state index contributed by atoms with van der Waals surface area (Å²) in [6.45, 7) is 6.75. The minimum atomic E-state index is 0. The van der Waals surface area contributed by atoms with E-state index in [9.17, 15) is 0 Å². The third-order valence-corrected chi connectivity index (χ3v) is 0.671. The maximum absolute atomic E-state index is 7.88. The van der Waals surface area contributed by atoms with Crippen LogP contribution in [0, 0.1) is 0 Å². The quantitative estimate of drug-likeness (QED) is 0.642. The Morgan fingerprint density at radius 2 is 0.692 bits per heavy atom. The summed E-state index contributed by atoms with van der Waals surface area (Å²) in [5.74, 6) is 0. The zero-order chi connectivity index (χ0) is 10.2. The summed E-state index contributed by atoms with van der Waals surface area (Å²) >= 11 is 0. The van der Waals surface area contributed by atoms with Gasteiger partial charge in [0.15, 0.2) is 0 Å². The van der Waals surface area contributed by atoms with Gasteiger partial charge in [0.05, 0.1) is 0 Å². The van der Waals surface area contributed by atoms with E-state index in [1.165, 1.54) is 0 Å². The monoisotopic (exact) mass is 304 g/mol. The summed E-state index contributed by atoms with van der Waals surface area (Å²) in [7, 11) is 0. The molecule has 0 aliphatic rings. The van der Waals surface area contributed by atoms with Gasteiger partial charge in [-0.3, -0.25) is 0 Å². The van der Waals surface area contributed by atoms with Gasteiger partial charge in [-0.2, -0.15) is 0 Å². The first-order chi connectivity index (χ1) is 5.74. The summed E-state index contributed by atoms with van der Waals surface area (Å²) in [6, 6.07) is 0. The average Bonchev–Trinajstić information content (AvgIpc) is 2.18. The van der Waals surface area contributed by atoms with Gasteiger partial charge in [-0.15, -0.1) is 0 Å². The molecule has 0 aliphatic carbocycles. The van der Waals surface area contributed by atoms with Crippen LogP contribution in [-0.4, -0.2) is 59.6 Å². The molecule has 4 heteroatoms. The van der Waals surface area contributed by atoms with Crippen LogP contribution >= 0.6 is 0 Å². The Morgan fingerprint density at radius 3 is 0.692 bits per heavy atom. The molecule has 0 unspecified atom stereocenters. The topological polar surface area (TPSA) is 60.7 Å². The van der Waals surface area contributed by atoms with Crippen molar-refractivity contribution in [3.8, 4) is 0 Å². The zero-order valence-electron chi connectivity index (χ0n) is 9.29. The van der Waals surface area contributed by atoms with Crippen LogP contribution in [0.5, 0.6) is 0 Å². The molecule has 0 spiro atoms. The molecule has 0 radical (unpaired) electrons. The Balaban J connectivity index is -0.0000000450. The van der Waals surface area contributed by atoms with E-state index in [-0.39, 0.29) is 24.4 Å². The Morgan fingerprint density at radius 1 is 0.615 bits per heavy atom. The first-order valence-electron chi connectivity index (χ1n) is 4.57. The van der Waals surface area contributed by atoms with Gasteiger partial charge in [0.25, 0.3) is 0 Å². The molecule has 0 saturated carbocycles. The molecule has 13 heavy (non-hydrogen) atoms. The standard InChI is InChI=1S/3C3H8O.Sb.3H/c3*1-2-3-4;;;;/h3*4H,2-3H2,1H3;;;;. The molecule has 0 aromatic rings. The zero-order valence-corrected chi connectivity index (χ0v) is 13.3. The summed E-state index contributed by atoms with van der Waals surface area (Å²) in [5.41, 5.74) is 0. The SMILES string of the molecule is CCCO.CCCO.CCCO.[SbH3]. The predicted molar refractivity (Wildman–Crippen MR) is 62.1 cm³/mol. The number of aliphatic hydroxyl groups excluding tert-OH is 3. The molecule has 0 rings (SSSR count). The molecule has 0 saturated heterocycles. The normalized spacial score (nSPS) is 6.92. The Hall–Kier alpha value is 0.698. The molecule has 3 N–H and O–H groups in total. The van der Waals surface area contributed by atoms with Crippen LogP contribution in [0.4, 0.5) is 0 Å². The van der Waals surface area contributed by atoms with Gasteiger partial charge in [0.1, 0.15) is 0 Å². The number of hydrogen-bond acceptors (Lipinski definition) is 3. The van der Waals surface area contributed by atoms with Crippen molar-refractivity contribution in [3.63, 3.8) is 0 Å². The fourth-order valence-electron chi connectivity index (χ4n) is 0. The van der Waals surface area contributed by atoms with Crippen molar-refractivity contribution in [2.45, 2.75) is 40.0 Å². The van der Waals surface area contributed by atoms with Crippen LogP contribution in [0.2, 0.25) is 0 Å². The van der Waals surface area contributed by atoms with Crippen LogP contribution in [0.1, 0.15) is 40.0 Å².